The minimum Gasteiger partial charge on any atom is -0.506 e. The molecule has 2 aromatic heterocycles. The van der Waals surface area contributed by atoms with Crippen molar-refractivity contribution in [2.45, 2.75) is 4.90 Å². The smallest absolute Gasteiger partial charge is 0.263 e. The summed E-state index contributed by atoms with van der Waals surface area (Å²) >= 11 is 1.19. The number of phenolic OH excluding ortho intramolecular Hbond substituents is 1. The van der Waals surface area contributed by atoms with E-state index >= 15 is 0 Å². The summed E-state index contributed by atoms with van der Waals surface area (Å²) in [6, 6.07) is 12.6. The fraction of sp³-hybridized carbons (Fsp3) is 0. The Hall–Kier alpha value is -3.37. The summed E-state index contributed by atoms with van der Waals surface area (Å²) in [5.74, 6) is -0.0175. The number of phenols is 1. The normalized spacial score (nSPS) is 11.9. The Labute approximate surface area is 164 Å². The van der Waals surface area contributed by atoms with Crippen LogP contribution >= 0.6 is 11.3 Å². The predicted octanol–water partition coefficient (Wildman–Crippen LogP) is 4.61. The van der Waals surface area contributed by atoms with Crippen LogP contribution in [0.25, 0.3) is 10.9 Å². The highest BCUT2D eigenvalue weighted by molar-refractivity contribution is 7.93. The van der Waals surface area contributed by atoms with Crippen LogP contribution in [-0.2, 0) is 10.0 Å². The monoisotopic (exact) mass is 411 g/mol. The maximum Gasteiger partial charge on any atom is 0.263 e. The molecule has 2 heterocycles. The SMILES string of the molecule is O=S(=O)(Nc1nccs1)c1ccc(N=Nc2c(O)ccc3ncccc23)cc1. The Kier molecular flexibility index (Phi) is 4.72. The highest BCUT2D eigenvalue weighted by Gasteiger charge is 2.15. The number of rotatable bonds is 5. The van der Waals surface area contributed by atoms with Crippen molar-refractivity contribution in [2.75, 3.05) is 4.72 Å². The molecule has 2 aromatic carbocycles. The molecule has 10 heteroatoms. The number of nitrogens with zero attached hydrogens (tertiary/aromatic N) is 4. The summed E-state index contributed by atoms with van der Waals surface area (Å²) in [7, 11) is -3.73. The van der Waals surface area contributed by atoms with Crippen molar-refractivity contribution in [3.8, 4) is 5.75 Å². The third-order valence-corrected chi connectivity index (χ3v) is 5.97. The molecule has 0 radical (unpaired) electrons. The minimum atomic E-state index is -3.73. The molecule has 8 nitrogen and oxygen atoms in total. The summed E-state index contributed by atoms with van der Waals surface area (Å²) in [6.07, 6.45) is 3.17. The second-order valence-corrected chi connectivity index (χ2v) is 8.22. The number of nitrogens with one attached hydrogen (secondary N) is 1. The number of hydrogen-bond acceptors (Lipinski definition) is 8. The number of hydrogen-bond donors (Lipinski definition) is 2. The maximum atomic E-state index is 12.3. The molecule has 140 valence electrons. The van der Waals surface area contributed by atoms with E-state index in [1.807, 2.05) is 0 Å². The quantitative estimate of drug-likeness (QED) is 0.465. The van der Waals surface area contributed by atoms with Gasteiger partial charge < -0.3 is 5.11 Å². The lowest BCUT2D eigenvalue weighted by molar-refractivity contribution is 0.477. The highest BCUT2D eigenvalue weighted by Crippen LogP contribution is 2.35. The van der Waals surface area contributed by atoms with Gasteiger partial charge in [-0.05, 0) is 48.5 Å². The lowest BCUT2D eigenvalue weighted by atomic mass is 10.2. The van der Waals surface area contributed by atoms with Crippen LogP contribution in [0.2, 0.25) is 0 Å². The summed E-state index contributed by atoms with van der Waals surface area (Å²) in [6.45, 7) is 0. The average Bonchev–Trinajstić information content (AvgIpc) is 3.20. The van der Waals surface area contributed by atoms with E-state index in [0.29, 0.717) is 27.4 Å². The molecule has 0 amide bonds. The van der Waals surface area contributed by atoms with Crippen molar-refractivity contribution in [1.82, 2.24) is 9.97 Å². The summed E-state index contributed by atoms with van der Waals surface area (Å²) < 4.78 is 27.1. The molecule has 0 spiro atoms. The van der Waals surface area contributed by atoms with Gasteiger partial charge in [0.1, 0.15) is 11.4 Å². The van der Waals surface area contributed by atoms with Crippen molar-refractivity contribution in [3.05, 3.63) is 66.3 Å². The number of benzene rings is 2. The van der Waals surface area contributed by atoms with Gasteiger partial charge in [0, 0.05) is 23.2 Å². The second-order valence-electron chi connectivity index (χ2n) is 5.64. The summed E-state index contributed by atoms with van der Waals surface area (Å²) in [5.41, 5.74) is 1.42. The number of sulfonamides is 1. The number of fused-ring (bicyclic) bond motifs is 1. The molecule has 0 aliphatic rings. The van der Waals surface area contributed by atoms with Gasteiger partial charge in [-0.15, -0.1) is 16.5 Å². The molecular formula is C18H13N5O3S2. The van der Waals surface area contributed by atoms with Crippen molar-refractivity contribution in [1.29, 1.82) is 0 Å². The molecule has 0 unspecified atom stereocenters. The van der Waals surface area contributed by atoms with E-state index in [1.165, 1.54) is 47.9 Å². The van der Waals surface area contributed by atoms with E-state index < -0.39 is 10.0 Å². The lowest BCUT2D eigenvalue weighted by Gasteiger charge is -2.05. The van der Waals surface area contributed by atoms with Crippen molar-refractivity contribution >= 4 is 48.8 Å². The van der Waals surface area contributed by atoms with E-state index in [9.17, 15) is 13.5 Å². The minimum absolute atomic E-state index is 0.0175. The number of aromatic nitrogens is 2. The van der Waals surface area contributed by atoms with Crippen molar-refractivity contribution < 1.29 is 13.5 Å². The Balaban J connectivity index is 1.60. The average molecular weight is 411 g/mol. The Morgan fingerprint density at radius 2 is 1.79 bits per heavy atom. The first kappa shape index (κ1) is 18.0. The largest absolute Gasteiger partial charge is 0.506 e. The third-order valence-electron chi connectivity index (χ3n) is 3.80. The van der Waals surface area contributed by atoms with E-state index in [2.05, 4.69) is 24.9 Å². The first-order chi connectivity index (χ1) is 13.5. The van der Waals surface area contributed by atoms with Crippen molar-refractivity contribution in [3.63, 3.8) is 0 Å². The fourth-order valence-corrected chi connectivity index (χ4v) is 4.27. The van der Waals surface area contributed by atoms with E-state index in [0.717, 1.165) is 0 Å². The number of pyridine rings is 1. The topological polar surface area (TPSA) is 117 Å². The first-order valence-electron chi connectivity index (χ1n) is 8.04. The molecule has 4 rings (SSSR count). The Bertz CT molecular complexity index is 1250. The number of aromatic hydroxyl groups is 1. The molecule has 0 fully saturated rings. The van der Waals surface area contributed by atoms with Crippen LogP contribution in [0.1, 0.15) is 0 Å². The Morgan fingerprint density at radius 3 is 2.54 bits per heavy atom. The standard InChI is InChI=1S/C18H13N5O3S2/c24-16-8-7-15-14(2-1-9-19-15)17(16)22-21-12-3-5-13(6-4-12)28(25,26)23-18-20-10-11-27-18/h1-11,24H,(H,20,23). The molecule has 28 heavy (non-hydrogen) atoms. The highest BCUT2D eigenvalue weighted by atomic mass is 32.2. The van der Waals surface area contributed by atoms with Crippen LogP contribution in [0, 0.1) is 0 Å². The molecule has 2 N–H and O–H groups in total. The molecule has 4 aromatic rings. The van der Waals surface area contributed by atoms with Crippen LogP contribution in [0.4, 0.5) is 16.5 Å². The predicted molar refractivity (Wildman–Crippen MR) is 107 cm³/mol. The second kappa shape index (κ2) is 7.33. The molecular weight excluding hydrogens is 398 g/mol. The first-order valence-corrected chi connectivity index (χ1v) is 10.4. The third kappa shape index (κ3) is 3.68. The zero-order valence-corrected chi connectivity index (χ0v) is 15.9. The van der Waals surface area contributed by atoms with Crippen LogP contribution < -0.4 is 4.72 Å². The molecule has 0 bridgehead atoms. The van der Waals surface area contributed by atoms with Gasteiger partial charge in [-0.25, -0.2) is 13.4 Å². The fourth-order valence-electron chi connectivity index (χ4n) is 2.48. The summed E-state index contributed by atoms with van der Waals surface area (Å²) in [4.78, 5) is 8.21. The van der Waals surface area contributed by atoms with Crippen molar-refractivity contribution in [2.24, 2.45) is 10.2 Å². The van der Waals surface area contributed by atoms with E-state index in [4.69, 9.17) is 0 Å². The molecule has 0 aliphatic heterocycles. The maximum absolute atomic E-state index is 12.3. The van der Waals surface area contributed by atoms with Gasteiger partial charge in [0.15, 0.2) is 5.13 Å². The van der Waals surface area contributed by atoms with Gasteiger partial charge in [-0.1, -0.05) is 0 Å². The number of anilines is 1. The lowest BCUT2D eigenvalue weighted by Crippen LogP contribution is -2.12. The van der Waals surface area contributed by atoms with Gasteiger partial charge >= 0.3 is 0 Å². The molecule has 0 atom stereocenters. The van der Waals surface area contributed by atoms with Crippen LogP contribution in [0.15, 0.2) is 81.4 Å². The number of azo groups is 1. The number of thiazole rings is 1. The van der Waals surface area contributed by atoms with Gasteiger partial charge in [0.25, 0.3) is 10.0 Å². The zero-order chi connectivity index (χ0) is 19.6. The van der Waals surface area contributed by atoms with Gasteiger partial charge in [0.05, 0.1) is 16.1 Å². The van der Waals surface area contributed by atoms with Gasteiger partial charge in [-0.2, -0.15) is 5.11 Å². The Morgan fingerprint density at radius 1 is 0.964 bits per heavy atom. The summed E-state index contributed by atoms with van der Waals surface area (Å²) in [5, 5.41) is 20.9. The van der Waals surface area contributed by atoms with E-state index in [1.54, 1.807) is 29.8 Å². The van der Waals surface area contributed by atoms with Crippen LogP contribution in [-0.4, -0.2) is 23.5 Å². The van der Waals surface area contributed by atoms with Crippen LogP contribution in [0.5, 0.6) is 5.75 Å². The van der Waals surface area contributed by atoms with Gasteiger partial charge in [0.2, 0.25) is 0 Å². The molecule has 0 saturated heterocycles. The molecule has 0 aliphatic carbocycles. The van der Waals surface area contributed by atoms with Gasteiger partial charge in [-0.3, -0.25) is 9.71 Å². The van der Waals surface area contributed by atoms with E-state index in [-0.39, 0.29) is 10.6 Å². The zero-order valence-electron chi connectivity index (χ0n) is 14.2. The van der Waals surface area contributed by atoms with Crippen LogP contribution in [0.3, 0.4) is 0 Å². The molecule has 0 saturated carbocycles.